The van der Waals surface area contributed by atoms with Crippen LogP contribution in [-0.4, -0.2) is 75.4 Å². The summed E-state index contributed by atoms with van der Waals surface area (Å²) in [6, 6.07) is 8.21. The largest absolute Gasteiger partial charge is 0.368 e. The lowest BCUT2D eigenvalue weighted by Crippen LogP contribution is -2.50. The molecule has 162 valence electrons. The lowest BCUT2D eigenvalue weighted by Gasteiger charge is -2.37. The first-order valence-corrected chi connectivity index (χ1v) is 12.0. The minimum absolute atomic E-state index is 0.0708. The zero-order valence-electron chi connectivity index (χ0n) is 17.9. The molecule has 2 atom stereocenters. The molecule has 0 spiro atoms. The molecule has 2 aromatic rings. The number of aromatic nitrogens is 2. The van der Waals surface area contributed by atoms with Gasteiger partial charge in [0.2, 0.25) is 5.91 Å². The van der Waals surface area contributed by atoms with Gasteiger partial charge in [0, 0.05) is 43.4 Å². The smallest absolute Gasteiger partial charge is 0.240 e. The zero-order valence-corrected chi connectivity index (χ0v) is 18.7. The number of hydrogen-bond acceptors (Lipinski definition) is 7. The van der Waals surface area contributed by atoms with Crippen molar-refractivity contribution in [3.05, 3.63) is 30.1 Å². The molecule has 0 radical (unpaired) electrons. The molecule has 2 aliphatic rings. The molecule has 0 aliphatic carbocycles. The van der Waals surface area contributed by atoms with Crippen molar-refractivity contribution in [2.45, 2.75) is 38.9 Å². The van der Waals surface area contributed by atoms with Crippen molar-refractivity contribution in [3.8, 4) is 0 Å². The van der Waals surface area contributed by atoms with Crippen LogP contribution < -0.4 is 11.1 Å². The Bertz CT molecular complexity index is 877. The number of anilines is 1. The number of carbonyl (C=O) groups is 1. The Morgan fingerprint density at radius 3 is 2.67 bits per heavy atom. The van der Waals surface area contributed by atoms with Crippen molar-refractivity contribution in [1.29, 1.82) is 0 Å². The number of primary amides is 1. The number of hydrogen-bond donors (Lipinski definition) is 2. The van der Waals surface area contributed by atoms with E-state index in [1.165, 1.54) is 17.9 Å². The maximum absolute atomic E-state index is 11.9. The molecular formula is C22H32N6OS. The normalized spacial score (nSPS) is 21.9. The number of nitrogens with one attached hydrogen (secondary N) is 1. The third kappa shape index (κ3) is 4.87. The van der Waals surface area contributed by atoms with Gasteiger partial charge in [-0.15, -0.1) is 0 Å². The maximum Gasteiger partial charge on any atom is 0.240 e. The maximum atomic E-state index is 11.9. The molecule has 30 heavy (non-hydrogen) atoms. The van der Waals surface area contributed by atoms with Crippen LogP contribution in [0.5, 0.6) is 0 Å². The average Bonchev–Trinajstić information content (AvgIpc) is 3.27. The van der Waals surface area contributed by atoms with Gasteiger partial charge < -0.3 is 11.1 Å². The van der Waals surface area contributed by atoms with Crippen LogP contribution in [0.2, 0.25) is 0 Å². The van der Waals surface area contributed by atoms with Gasteiger partial charge in [-0.3, -0.25) is 14.6 Å². The number of amides is 1. The highest BCUT2D eigenvalue weighted by Gasteiger charge is 2.27. The SMILES string of the molecule is CC(C)C(Nc1nc(CN2CCN(C3CCSC3)CC2)nc2ccccc12)C(N)=O. The second-order valence-corrected chi connectivity index (χ2v) is 9.75. The van der Waals surface area contributed by atoms with Gasteiger partial charge in [-0.25, -0.2) is 9.97 Å². The monoisotopic (exact) mass is 428 g/mol. The predicted molar refractivity (Wildman–Crippen MR) is 124 cm³/mol. The fourth-order valence-corrected chi connectivity index (χ4v) is 5.57. The molecule has 1 amide bonds. The first-order valence-electron chi connectivity index (χ1n) is 10.9. The molecule has 7 nitrogen and oxygen atoms in total. The lowest BCUT2D eigenvalue weighted by atomic mass is 10.0. The van der Waals surface area contributed by atoms with Crippen LogP contribution in [-0.2, 0) is 11.3 Å². The Morgan fingerprint density at radius 1 is 1.23 bits per heavy atom. The van der Waals surface area contributed by atoms with E-state index in [4.69, 9.17) is 15.7 Å². The van der Waals surface area contributed by atoms with Crippen molar-refractivity contribution in [2.75, 3.05) is 43.0 Å². The number of rotatable bonds is 7. The van der Waals surface area contributed by atoms with Crippen LogP contribution >= 0.6 is 11.8 Å². The summed E-state index contributed by atoms with van der Waals surface area (Å²) in [5, 5.41) is 4.20. The molecule has 8 heteroatoms. The topological polar surface area (TPSA) is 87.4 Å². The number of para-hydroxylation sites is 1. The molecule has 2 fully saturated rings. The van der Waals surface area contributed by atoms with Gasteiger partial charge in [-0.1, -0.05) is 26.0 Å². The molecule has 2 aliphatic heterocycles. The van der Waals surface area contributed by atoms with Crippen LogP contribution in [0.1, 0.15) is 26.1 Å². The second kappa shape index (κ2) is 9.49. The number of nitrogens with two attached hydrogens (primary N) is 1. The molecule has 4 rings (SSSR count). The lowest BCUT2D eigenvalue weighted by molar-refractivity contribution is -0.119. The summed E-state index contributed by atoms with van der Waals surface area (Å²) in [7, 11) is 0. The predicted octanol–water partition coefficient (Wildman–Crippen LogP) is 2.17. The summed E-state index contributed by atoms with van der Waals surface area (Å²) < 4.78 is 0. The average molecular weight is 429 g/mol. The summed E-state index contributed by atoms with van der Waals surface area (Å²) in [4.78, 5) is 26.6. The summed E-state index contributed by atoms with van der Waals surface area (Å²) in [6.07, 6.45) is 1.32. The number of benzene rings is 1. The summed E-state index contributed by atoms with van der Waals surface area (Å²) in [6.45, 7) is 8.98. The van der Waals surface area contributed by atoms with Gasteiger partial charge >= 0.3 is 0 Å². The number of carbonyl (C=O) groups excluding carboxylic acids is 1. The first kappa shape index (κ1) is 21.3. The van der Waals surface area contributed by atoms with Crippen molar-refractivity contribution >= 4 is 34.4 Å². The summed E-state index contributed by atoms with van der Waals surface area (Å²) in [5.41, 5.74) is 6.51. The number of piperazine rings is 1. The van der Waals surface area contributed by atoms with E-state index < -0.39 is 6.04 Å². The molecule has 1 aromatic carbocycles. The molecule has 2 saturated heterocycles. The van der Waals surface area contributed by atoms with Gasteiger partial charge in [-0.05, 0) is 30.2 Å². The van der Waals surface area contributed by atoms with Crippen LogP contribution in [0, 0.1) is 5.92 Å². The third-order valence-electron chi connectivity index (χ3n) is 6.11. The van der Waals surface area contributed by atoms with Crippen molar-refractivity contribution in [3.63, 3.8) is 0 Å². The summed E-state index contributed by atoms with van der Waals surface area (Å²) in [5.74, 6) is 3.76. The van der Waals surface area contributed by atoms with E-state index in [-0.39, 0.29) is 11.8 Å². The van der Waals surface area contributed by atoms with E-state index in [9.17, 15) is 4.79 Å². The van der Waals surface area contributed by atoms with Crippen molar-refractivity contribution < 1.29 is 4.79 Å². The van der Waals surface area contributed by atoms with Crippen LogP contribution in [0.15, 0.2) is 24.3 Å². The molecule has 0 bridgehead atoms. The van der Waals surface area contributed by atoms with Crippen LogP contribution in [0.3, 0.4) is 0 Å². The van der Waals surface area contributed by atoms with E-state index in [0.29, 0.717) is 5.82 Å². The molecule has 1 aromatic heterocycles. The second-order valence-electron chi connectivity index (χ2n) is 8.60. The van der Waals surface area contributed by atoms with Gasteiger partial charge in [0.15, 0.2) is 0 Å². The highest BCUT2D eigenvalue weighted by atomic mass is 32.2. The third-order valence-corrected chi connectivity index (χ3v) is 7.25. The Hall–Kier alpha value is -1.90. The highest BCUT2D eigenvalue weighted by Crippen LogP contribution is 2.25. The van der Waals surface area contributed by atoms with E-state index in [0.717, 1.165) is 55.5 Å². The van der Waals surface area contributed by atoms with E-state index in [1.54, 1.807) is 0 Å². The number of nitrogens with zero attached hydrogens (tertiary/aromatic N) is 4. The minimum Gasteiger partial charge on any atom is -0.368 e. The molecule has 2 unspecified atom stereocenters. The standard InChI is InChI=1S/C22H32N6OS/c1-15(2)20(21(23)29)26-22-17-5-3-4-6-18(17)24-19(25-22)13-27-8-10-28(11-9-27)16-7-12-30-14-16/h3-6,15-16,20H,7-14H2,1-2H3,(H2,23,29)(H,24,25,26). The number of fused-ring (bicyclic) bond motifs is 1. The van der Waals surface area contributed by atoms with Gasteiger partial charge in [0.1, 0.15) is 17.7 Å². The molecule has 3 N–H and O–H groups in total. The molecular weight excluding hydrogens is 396 g/mol. The zero-order chi connectivity index (χ0) is 21.1. The van der Waals surface area contributed by atoms with Crippen LogP contribution in [0.4, 0.5) is 5.82 Å². The first-order chi connectivity index (χ1) is 14.5. The number of thioether (sulfide) groups is 1. The van der Waals surface area contributed by atoms with Crippen LogP contribution in [0.25, 0.3) is 10.9 Å². The van der Waals surface area contributed by atoms with Gasteiger partial charge in [0.25, 0.3) is 0 Å². The van der Waals surface area contributed by atoms with Crippen molar-refractivity contribution in [1.82, 2.24) is 19.8 Å². The Kier molecular flexibility index (Phi) is 6.75. The van der Waals surface area contributed by atoms with Gasteiger partial charge in [0.05, 0.1) is 12.1 Å². The Labute approximate surface area is 182 Å². The fourth-order valence-electron chi connectivity index (χ4n) is 4.32. The highest BCUT2D eigenvalue weighted by molar-refractivity contribution is 7.99. The fraction of sp³-hybridized carbons (Fsp3) is 0.591. The summed E-state index contributed by atoms with van der Waals surface area (Å²) >= 11 is 2.08. The Balaban J connectivity index is 1.49. The van der Waals surface area contributed by atoms with Gasteiger partial charge in [-0.2, -0.15) is 11.8 Å². The molecule has 3 heterocycles. The van der Waals surface area contributed by atoms with Crippen molar-refractivity contribution in [2.24, 2.45) is 11.7 Å². The molecule has 0 saturated carbocycles. The minimum atomic E-state index is -0.469. The Morgan fingerprint density at radius 2 is 2.00 bits per heavy atom. The van der Waals surface area contributed by atoms with E-state index >= 15 is 0 Å². The quantitative estimate of drug-likeness (QED) is 0.699. The van der Waals surface area contributed by atoms with E-state index in [1.807, 2.05) is 38.1 Å². The van der Waals surface area contributed by atoms with E-state index in [2.05, 4.69) is 26.9 Å².